The minimum Gasteiger partial charge on any atom is -0.306 e. The fourth-order valence-electron chi connectivity index (χ4n) is 1.89. The van der Waals surface area contributed by atoms with Crippen LogP contribution in [0.25, 0.3) is 16.9 Å². The first kappa shape index (κ1) is 10.4. The van der Waals surface area contributed by atoms with Gasteiger partial charge >= 0.3 is 0 Å². The second-order valence-electron chi connectivity index (χ2n) is 4.08. The quantitative estimate of drug-likeness (QED) is 0.631. The third-order valence-corrected chi connectivity index (χ3v) is 3.08. The van der Waals surface area contributed by atoms with E-state index in [0.29, 0.717) is 0 Å². The number of benzene rings is 1. The van der Waals surface area contributed by atoms with E-state index in [1.165, 1.54) is 0 Å². The second-order valence-corrected chi connectivity index (χ2v) is 4.48. The normalized spacial score (nSPS) is 10.9. The van der Waals surface area contributed by atoms with Gasteiger partial charge in [0.1, 0.15) is 5.65 Å². The zero-order valence-corrected chi connectivity index (χ0v) is 10.1. The lowest BCUT2D eigenvalue weighted by molar-refractivity contribution is 1.19. The van der Waals surface area contributed by atoms with E-state index in [-0.39, 0.29) is 0 Å². The van der Waals surface area contributed by atoms with Gasteiger partial charge in [0.05, 0.1) is 10.7 Å². The van der Waals surface area contributed by atoms with Crippen LogP contribution in [0.5, 0.6) is 0 Å². The number of pyridine rings is 1. The van der Waals surface area contributed by atoms with Gasteiger partial charge in [0.25, 0.3) is 0 Å². The minimum absolute atomic E-state index is 0.744. The molecule has 3 rings (SSSR count). The van der Waals surface area contributed by atoms with Gasteiger partial charge in [0.2, 0.25) is 0 Å². The maximum absolute atomic E-state index is 6.24. The van der Waals surface area contributed by atoms with Crippen LogP contribution in [0.2, 0.25) is 5.02 Å². The molecule has 0 atom stereocenters. The summed E-state index contributed by atoms with van der Waals surface area (Å²) in [5, 5.41) is 0.744. The summed E-state index contributed by atoms with van der Waals surface area (Å²) in [7, 11) is 0. The SMILES string of the molecule is Cc1ccc(-c2cn3ccccc3n2)c(Cl)c1. The first-order chi connectivity index (χ1) is 8.24. The maximum atomic E-state index is 6.24. The Morgan fingerprint density at radius 1 is 1.18 bits per heavy atom. The van der Waals surface area contributed by atoms with Gasteiger partial charge in [-0.25, -0.2) is 4.98 Å². The highest BCUT2D eigenvalue weighted by molar-refractivity contribution is 6.33. The number of nitrogens with zero attached hydrogens (tertiary/aromatic N) is 2. The minimum atomic E-state index is 0.744. The van der Waals surface area contributed by atoms with Crippen molar-refractivity contribution in [2.75, 3.05) is 0 Å². The number of hydrogen-bond donors (Lipinski definition) is 0. The number of fused-ring (bicyclic) bond motifs is 1. The molecule has 1 aromatic carbocycles. The fraction of sp³-hybridized carbons (Fsp3) is 0.0714. The van der Waals surface area contributed by atoms with Crippen molar-refractivity contribution < 1.29 is 0 Å². The Labute approximate surface area is 104 Å². The van der Waals surface area contributed by atoms with E-state index in [1.54, 1.807) is 0 Å². The van der Waals surface area contributed by atoms with Crippen LogP contribution in [0.15, 0.2) is 48.8 Å². The van der Waals surface area contributed by atoms with E-state index in [4.69, 9.17) is 11.6 Å². The summed E-state index contributed by atoms with van der Waals surface area (Å²) in [5.74, 6) is 0. The molecule has 0 aliphatic rings. The number of aryl methyl sites for hydroxylation is 1. The molecule has 0 fully saturated rings. The molecule has 0 aliphatic carbocycles. The Kier molecular flexibility index (Phi) is 2.37. The number of rotatable bonds is 1. The largest absolute Gasteiger partial charge is 0.306 e. The van der Waals surface area contributed by atoms with Gasteiger partial charge in [0, 0.05) is 18.0 Å². The van der Waals surface area contributed by atoms with E-state index >= 15 is 0 Å². The molecular weight excluding hydrogens is 232 g/mol. The molecule has 0 aliphatic heterocycles. The molecule has 0 radical (unpaired) electrons. The third-order valence-electron chi connectivity index (χ3n) is 2.76. The van der Waals surface area contributed by atoms with Crippen LogP contribution < -0.4 is 0 Å². The summed E-state index contributed by atoms with van der Waals surface area (Å²) in [5.41, 5.74) is 3.96. The first-order valence-electron chi connectivity index (χ1n) is 5.44. The van der Waals surface area contributed by atoms with Crippen molar-refractivity contribution >= 4 is 17.2 Å². The lowest BCUT2D eigenvalue weighted by Gasteiger charge is -2.01. The van der Waals surface area contributed by atoms with Gasteiger partial charge in [-0.2, -0.15) is 0 Å². The molecule has 2 nitrogen and oxygen atoms in total. The Balaban J connectivity index is 2.20. The summed E-state index contributed by atoms with van der Waals surface area (Å²) < 4.78 is 1.99. The highest BCUT2D eigenvalue weighted by atomic mass is 35.5. The average Bonchev–Trinajstić information content (AvgIpc) is 2.72. The average molecular weight is 243 g/mol. The molecule has 17 heavy (non-hydrogen) atoms. The summed E-state index contributed by atoms with van der Waals surface area (Å²) in [4.78, 5) is 4.55. The lowest BCUT2D eigenvalue weighted by Crippen LogP contribution is -1.80. The molecule has 3 heteroatoms. The summed E-state index contributed by atoms with van der Waals surface area (Å²) >= 11 is 6.24. The van der Waals surface area contributed by atoms with Crippen molar-refractivity contribution in [3.8, 4) is 11.3 Å². The molecule has 0 spiro atoms. The molecule has 0 N–H and O–H groups in total. The number of imidazole rings is 1. The van der Waals surface area contributed by atoms with Crippen molar-refractivity contribution in [1.29, 1.82) is 0 Å². The van der Waals surface area contributed by atoms with E-state index in [9.17, 15) is 0 Å². The molecule has 2 heterocycles. The van der Waals surface area contributed by atoms with Crippen LogP contribution in [0.3, 0.4) is 0 Å². The van der Waals surface area contributed by atoms with E-state index in [0.717, 1.165) is 27.5 Å². The second kappa shape index (κ2) is 3.90. The monoisotopic (exact) mass is 242 g/mol. The van der Waals surface area contributed by atoms with E-state index < -0.39 is 0 Å². The maximum Gasteiger partial charge on any atom is 0.137 e. The van der Waals surface area contributed by atoms with Crippen molar-refractivity contribution in [3.05, 3.63) is 59.4 Å². The van der Waals surface area contributed by atoms with Gasteiger partial charge in [0.15, 0.2) is 0 Å². The molecule has 0 bridgehead atoms. The van der Waals surface area contributed by atoms with Gasteiger partial charge in [-0.1, -0.05) is 29.8 Å². The van der Waals surface area contributed by atoms with E-state index in [1.807, 2.05) is 60.1 Å². The van der Waals surface area contributed by atoms with Crippen LogP contribution in [0.4, 0.5) is 0 Å². The van der Waals surface area contributed by atoms with Crippen LogP contribution in [-0.4, -0.2) is 9.38 Å². The topological polar surface area (TPSA) is 17.3 Å². The highest BCUT2D eigenvalue weighted by Gasteiger charge is 2.07. The Hall–Kier alpha value is -1.80. The van der Waals surface area contributed by atoms with Crippen molar-refractivity contribution in [1.82, 2.24) is 9.38 Å². The predicted molar refractivity (Wildman–Crippen MR) is 70.4 cm³/mol. The van der Waals surface area contributed by atoms with Gasteiger partial charge in [-0.05, 0) is 30.7 Å². The van der Waals surface area contributed by atoms with Crippen LogP contribution in [0.1, 0.15) is 5.56 Å². The zero-order chi connectivity index (χ0) is 11.8. The molecule has 3 aromatic rings. The molecule has 0 saturated heterocycles. The fourth-order valence-corrected chi connectivity index (χ4v) is 2.22. The lowest BCUT2D eigenvalue weighted by atomic mass is 10.1. The highest BCUT2D eigenvalue weighted by Crippen LogP contribution is 2.28. The smallest absolute Gasteiger partial charge is 0.137 e. The summed E-state index contributed by atoms with van der Waals surface area (Å²) in [6.07, 6.45) is 3.97. The van der Waals surface area contributed by atoms with Crippen molar-refractivity contribution in [2.24, 2.45) is 0 Å². The van der Waals surface area contributed by atoms with E-state index in [2.05, 4.69) is 4.98 Å². The Morgan fingerprint density at radius 2 is 2.06 bits per heavy atom. The number of hydrogen-bond acceptors (Lipinski definition) is 1. The molecule has 0 saturated carbocycles. The molecule has 2 aromatic heterocycles. The van der Waals surface area contributed by atoms with Crippen LogP contribution >= 0.6 is 11.6 Å². The Morgan fingerprint density at radius 3 is 2.82 bits per heavy atom. The van der Waals surface area contributed by atoms with Crippen molar-refractivity contribution in [3.63, 3.8) is 0 Å². The van der Waals surface area contributed by atoms with Crippen LogP contribution in [-0.2, 0) is 0 Å². The standard InChI is InChI=1S/C14H11ClN2/c1-10-5-6-11(12(15)8-10)13-9-17-7-3-2-4-14(17)16-13/h2-9H,1H3. The summed E-state index contributed by atoms with van der Waals surface area (Å²) in [6, 6.07) is 12.0. The molecule has 0 amide bonds. The molecule has 0 unspecified atom stereocenters. The number of aromatic nitrogens is 2. The predicted octanol–water partition coefficient (Wildman–Crippen LogP) is 3.96. The number of halogens is 1. The zero-order valence-electron chi connectivity index (χ0n) is 9.39. The van der Waals surface area contributed by atoms with Crippen molar-refractivity contribution in [2.45, 2.75) is 6.92 Å². The van der Waals surface area contributed by atoms with Gasteiger partial charge in [-0.15, -0.1) is 0 Å². The molecule has 84 valence electrons. The summed E-state index contributed by atoms with van der Waals surface area (Å²) in [6.45, 7) is 2.03. The molecular formula is C14H11ClN2. The third kappa shape index (κ3) is 1.81. The van der Waals surface area contributed by atoms with Crippen LogP contribution in [0, 0.1) is 6.92 Å². The first-order valence-corrected chi connectivity index (χ1v) is 5.82. The van der Waals surface area contributed by atoms with Gasteiger partial charge in [-0.3, -0.25) is 0 Å². The van der Waals surface area contributed by atoms with Gasteiger partial charge < -0.3 is 4.40 Å². The Bertz CT molecular complexity index is 653.